The molecule has 22 nitrogen and oxygen atoms in total. The van der Waals surface area contributed by atoms with Gasteiger partial charge in [-0.2, -0.15) is 12.6 Å². The van der Waals surface area contributed by atoms with Crippen molar-refractivity contribution in [2.75, 3.05) is 19.0 Å². The number of rotatable bonds is 37. The number of hydrogen-bond acceptors (Lipinski definition) is 16. The van der Waals surface area contributed by atoms with Crippen molar-refractivity contribution >= 4 is 55.9 Å². The van der Waals surface area contributed by atoms with Crippen molar-refractivity contribution < 1.29 is 104 Å². The normalized spacial score (nSPS) is 22.6. The first kappa shape index (κ1) is 59.7. The maximum atomic E-state index is 13.2. The summed E-state index contributed by atoms with van der Waals surface area (Å²) in [6.07, 6.45) is 2.28. The highest BCUT2D eigenvalue weighted by molar-refractivity contribution is 7.80. The molecule has 1 rings (SSSR count). The molecule has 0 aromatic rings. The van der Waals surface area contributed by atoms with Crippen LogP contribution >= 0.6 is 43.9 Å². The zero-order valence-electron chi connectivity index (χ0n) is 35.3. The second-order valence-corrected chi connectivity index (χ2v) is 20.7. The fourth-order valence-corrected chi connectivity index (χ4v) is 9.53. The Balaban J connectivity index is 2.98. The molecule has 62 heavy (non-hydrogen) atoms. The number of ether oxygens (including phenoxy) is 2. The van der Waals surface area contributed by atoms with Crippen molar-refractivity contribution in [3.8, 4) is 0 Å². The maximum absolute atomic E-state index is 13.2. The molecular formula is C35H70O22P4S. The summed E-state index contributed by atoms with van der Waals surface area (Å²) < 4.78 is 81.7. The van der Waals surface area contributed by atoms with E-state index in [4.69, 9.17) is 18.5 Å². The van der Waals surface area contributed by atoms with Gasteiger partial charge in [-0.05, 0) is 25.0 Å². The second kappa shape index (κ2) is 31.6. The maximum Gasteiger partial charge on any atom is 0.472 e. The number of hydrogen-bond donors (Lipinski definition) is 10. The van der Waals surface area contributed by atoms with Crippen LogP contribution in [-0.2, 0) is 59.9 Å². The standard InChI is InChI=1S/C35H70O22P4S/c1-2-3-4-5-6-7-8-9-10-11-13-17-20-23-29(37)53-27(25-51-28(36)22-19-16-14-12-15-18-21-24-62)26-52-61(49,50)57-32-30(38)33(54-58(40,41)42)35(56-60(46,47)48)34(31(32)39)55-59(43,44)45/h27,30-35,38-39,62H,2-26H2,1H3,(H,49,50)(H2,40,41,42)(H2,43,44,45)(H2,46,47,48)/t27-,30-,31?,32?,33-,34+,35?/m1/s1. The summed E-state index contributed by atoms with van der Waals surface area (Å²) >= 11 is 4.19. The molecule has 0 spiro atoms. The van der Waals surface area contributed by atoms with Gasteiger partial charge in [0, 0.05) is 12.8 Å². The lowest BCUT2D eigenvalue weighted by Gasteiger charge is -2.45. The van der Waals surface area contributed by atoms with Gasteiger partial charge in [-0.3, -0.25) is 32.2 Å². The van der Waals surface area contributed by atoms with Gasteiger partial charge in [0.2, 0.25) is 0 Å². The molecule has 0 aromatic carbocycles. The Bertz CT molecular complexity index is 1410. The van der Waals surface area contributed by atoms with Crippen molar-refractivity contribution in [2.24, 2.45) is 0 Å². The number of aliphatic hydroxyl groups excluding tert-OH is 2. The predicted molar refractivity (Wildman–Crippen MR) is 225 cm³/mol. The highest BCUT2D eigenvalue weighted by Crippen LogP contribution is 2.53. The molecule has 27 heteroatoms. The largest absolute Gasteiger partial charge is 0.472 e. The highest BCUT2D eigenvalue weighted by Gasteiger charge is 2.59. The van der Waals surface area contributed by atoms with Gasteiger partial charge in [0.15, 0.2) is 6.10 Å². The fraction of sp³-hybridized carbons (Fsp3) is 0.943. The summed E-state index contributed by atoms with van der Waals surface area (Å²) in [7, 11) is -23.0. The van der Waals surface area contributed by atoms with Crippen molar-refractivity contribution in [2.45, 2.75) is 191 Å². The van der Waals surface area contributed by atoms with E-state index in [0.29, 0.717) is 12.8 Å². The summed E-state index contributed by atoms with van der Waals surface area (Å²) in [6, 6.07) is 0. The van der Waals surface area contributed by atoms with Crippen LogP contribution in [0.5, 0.6) is 0 Å². The van der Waals surface area contributed by atoms with Crippen LogP contribution in [0.15, 0.2) is 0 Å². The zero-order chi connectivity index (χ0) is 46.8. The number of esters is 2. The first-order valence-electron chi connectivity index (χ1n) is 21.2. The molecular weight excluding hydrogens is 928 g/mol. The quantitative estimate of drug-likeness (QED) is 0.0156. The molecule has 1 aliphatic rings. The van der Waals surface area contributed by atoms with E-state index in [9.17, 15) is 72.3 Å². The Labute approximate surface area is 369 Å². The summed E-state index contributed by atoms with van der Waals surface area (Å²) in [5, 5.41) is 21.7. The third-order valence-electron chi connectivity index (χ3n) is 9.70. The molecule has 4 unspecified atom stereocenters. The van der Waals surface area contributed by atoms with Gasteiger partial charge in [-0.15, -0.1) is 0 Å². The molecule has 1 fully saturated rings. The molecule has 0 amide bonds. The number of carbonyl (C=O) groups is 2. The van der Waals surface area contributed by atoms with Gasteiger partial charge in [0.1, 0.15) is 43.2 Å². The minimum Gasteiger partial charge on any atom is -0.462 e. The third-order valence-corrected chi connectivity index (χ3v) is 12.6. The van der Waals surface area contributed by atoms with Gasteiger partial charge in [-0.25, -0.2) is 18.3 Å². The van der Waals surface area contributed by atoms with Crippen LogP contribution in [0.4, 0.5) is 0 Å². The minimum atomic E-state index is -5.78. The number of phosphoric acid groups is 4. The Morgan fingerprint density at radius 1 is 0.500 bits per heavy atom. The van der Waals surface area contributed by atoms with Crippen molar-refractivity contribution in [1.29, 1.82) is 0 Å². The minimum absolute atomic E-state index is 0.0264. The van der Waals surface area contributed by atoms with Gasteiger partial charge in [0.05, 0.1) is 6.61 Å². The smallest absolute Gasteiger partial charge is 0.462 e. The molecule has 0 radical (unpaired) electrons. The van der Waals surface area contributed by atoms with Gasteiger partial charge in [-0.1, -0.05) is 116 Å². The SMILES string of the molecule is CCCCCCCCCCCCCCCC(=O)O[C@H](COC(=O)CCCCCCCCCS)COP(=O)(O)OC1C(O)[C@H](OP(=O)(O)O)C(OP(=O)(O)O)[C@H](OP(=O)(O)O)[C@@H]1O. The molecule has 8 atom stereocenters. The molecule has 0 heterocycles. The van der Waals surface area contributed by atoms with Crippen LogP contribution in [0, 0.1) is 0 Å². The predicted octanol–water partition coefficient (Wildman–Crippen LogP) is 5.64. The van der Waals surface area contributed by atoms with Crippen LogP contribution in [-0.4, -0.2) is 118 Å². The summed E-state index contributed by atoms with van der Waals surface area (Å²) in [5.74, 6) is -0.597. The van der Waals surface area contributed by atoms with Crippen LogP contribution in [0.1, 0.15) is 148 Å². The lowest BCUT2D eigenvalue weighted by atomic mass is 9.85. The molecule has 1 aliphatic carbocycles. The van der Waals surface area contributed by atoms with E-state index in [1.165, 1.54) is 44.9 Å². The lowest BCUT2D eigenvalue weighted by Crippen LogP contribution is -2.65. The molecule has 368 valence electrons. The van der Waals surface area contributed by atoms with E-state index in [2.05, 4.69) is 33.1 Å². The van der Waals surface area contributed by atoms with E-state index >= 15 is 0 Å². The summed E-state index contributed by atoms with van der Waals surface area (Å²) in [6.45, 7) is 0.539. The van der Waals surface area contributed by atoms with Crippen LogP contribution < -0.4 is 0 Å². The van der Waals surface area contributed by atoms with E-state index in [1.807, 2.05) is 0 Å². The van der Waals surface area contributed by atoms with Gasteiger partial charge < -0.3 is 53.9 Å². The molecule has 0 aliphatic heterocycles. The molecule has 1 saturated carbocycles. The summed E-state index contributed by atoms with van der Waals surface area (Å²) in [5.41, 5.74) is 0. The number of aliphatic hydroxyl groups is 2. The Morgan fingerprint density at radius 2 is 0.871 bits per heavy atom. The fourth-order valence-electron chi connectivity index (χ4n) is 6.65. The average molecular weight is 999 g/mol. The molecule has 0 bridgehead atoms. The first-order valence-corrected chi connectivity index (χ1v) is 27.9. The van der Waals surface area contributed by atoms with Crippen LogP contribution in [0.25, 0.3) is 0 Å². The van der Waals surface area contributed by atoms with Crippen LogP contribution in [0.3, 0.4) is 0 Å². The number of thiol groups is 1. The van der Waals surface area contributed by atoms with Gasteiger partial charge >= 0.3 is 43.2 Å². The van der Waals surface area contributed by atoms with Crippen molar-refractivity contribution in [3.05, 3.63) is 0 Å². The van der Waals surface area contributed by atoms with E-state index in [1.54, 1.807) is 0 Å². The van der Waals surface area contributed by atoms with Crippen molar-refractivity contribution in [3.63, 3.8) is 0 Å². The Morgan fingerprint density at radius 3 is 1.27 bits per heavy atom. The van der Waals surface area contributed by atoms with Gasteiger partial charge in [0.25, 0.3) is 0 Å². The van der Waals surface area contributed by atoms with Crippen LogP contribution in [0.2, 0.25) is 0 Å². The van der Waals surface area contributed by atoms with E-state index < -0.39 is 99.2 Å². The topological polar surface area (TPSA) is 349 Å². The Kier molecular flexibility index (Phi) is 30.4. The number of unbranched alkanes of at least 4 members (excludes halogenated alkanes) is 18. The summed E-state index contributed by atoms with van der Waals surface area (Å²) in [4.78, 5) is 92.3. The van der Waals surface area contributed by atoms with Crippen molar-refractivity contribution in [1.82, 2.24) is 0 Å². The molecule has 0 aromatic heterocycles. The number of phosphoric ester groups is 4. The average Bonchev–Trinajstić information content (AvgIpc) is 3.16. The van der Waals surface area contributed by atoms with E-state index in [-0.39, 0.29) is 12.8 Å². The number of carbonyl (C=O) groups excluding carboxylic acids is 2. The molecule has 0 saturated heterocycles. The highest BCUT2D eigenvalue weighted by atomic mass is 32.1. The van der Waals surface area contributed by atoms with E-state index in [0.717, 1.165) is 76.4 Å². The zero-order valence-corrected chi connectivity index (χ0v) is 39.8. The monoisotopic (exact) mass is 998 g/mol. The third kappa shape index (κ3) is 29.3. The molecule has 9 N–H and O–H groups in total. The first-order chi connectivity index (χ1) is 29.0. The Hall–Kier alpha value is -0.350. The lowest BCUT2D eigenvalue weighted by molar-refractivity contribution is -0.209. The second-order valence-electron chi connectivity index (χ2n) is 15.2.